The van der Waals surface area contributed by atoms with Gasteiger partial charge >= 0.3 is 5.97 Å². The minimum absolute atomic E-state index is 0.276. The fraction of sp³-hybridized carbons (Fsp3) is 0.125. The third-order valence-electron chi connectivity index (χ3n) is 3.50. The Morgan fingerprint density at radius 3 is 3.00 bits per heavy atom. The van der Waals surface area contributed by atoms with Crippen molar-refractivity contribution in [1.29, 1.82) is 5.41 Å². The predicted molar refractivity (Wildman–Crippen MR) is 87.6 cm³/mol. The van der Waals surface area contributed by atoms with Crippen LogP contribution in [0.2, 0.25) is 0 Å². The van der Waals surface area contributed by atoms with E-state index in [4.69, 9.17) is 15.9 Å². The van der Waals surface area contributed by atoms with Gasteiger partial charge in [-0.05, 0) is 13.0 Å². The smallest absolute Gasteiger partial charge is 0.340 e. The van der Waals surface area contributed by atoms with Crippen molar-refractivity contribution in [3.05, 3.63) is 41.9 Å². The van der Waals surface area contributed by atoms with Gasteiger partial charge < -0.3 is 20.9 Å². The fourth-order valence-electron chi connectivity index (χ4n) is 2.49. The zero-order valence-corrected chi connectivity index (χ0v) is 12.5. The van der Waals surface area contributed by atoms with Gasteiger partial charge in [-0.1, -0.05) is 12.1 Å². The van der Waals surface area contributed by atoms with Crippen molar-refractivity contribution in [2.45, 2.75) is 6.92 Å². The van der Waals surface area contributed by atoms with Gasteiger partial charge in [-0.15, -0.1) is 0 Å². The maximum absolute atomic E-state index is 12.2. The zero-order valence-electron chi connectivity index (χ0n) is 12.5. The molecule has 0 aliphatic carbocycles. The highest BCUT2D eigenvalue weighted by atomic mass is 16.5. The standard InChI is InChI=1S/C16H15N5O2/c1-2-23-16(22)11-7-19-15-13(11)14(20-8-21-15)9-4-3-5-12(18)10(9)6-17/h3-8,17H,2,18H2,1H3,(H,19,20,21). The summed E-state index contributed by atoms with van der Waals surface area (Å²) in [6, 6.07) is 5.30. The Balaban J connectivity index is 2.31. The molecule has 0 unspecified atom stereocenters. The first-order valence-corrected chi connectivity index (χ1v) is 7.06. The first-order chi connectivity index (χ1) is 11.2. The molecule has 0 atom stereocenters. The summed E-state index contributed by atoms with van der Waals surface area (Å²) in [5.74, 6) is -0.449. The summed E-state index contributed by atoms with van der Waals surface area (Å²) in [7, 11) is 0. The van der Waals surface area contributed by atoms with Gasteiger partial charge in [-0.25, -0.2) is 14.8 Å². The monoisotopic (exact) mass is 309 g/mol. The summed E-state index contributed by atoms with van der Waals surface area (Å²) in [5.41, 5.74) is 9.03. The van der Waals surface area contributed by atoms with Crippen LogP contribution in [0.25, 0.3) is 22.3 Å². The number of esters is 1. The van der Waals surface area contributed by atoms with Gasteiger partial charge in [-0.3, -0.25) is 0 Å². The lowest BCUT2D eigenvalue weighted by atomic mass is 10.00. The second-order valence-corrected chi connectivity index (χ2v) is 4.82. The van der Waals surface area contributed by atoms with E-state index < -0.39 is 5.97 Å². The lowest BCUT2D eigenvalue weighted by Gasteiger charge is -2.09. The van der Waals surface area contributed by atoms with Crippen LogP contribution < -0.4 is 5.73 Å². The van der Waals surface area contributed by atoms with E-state index in [1.807, 2.05) is 0 Å². The van der Waals surface area contributed by atoms with Crippen LogP contribution in [0.15, 0.2) is 30.7 Å². The van der Waals surface area contributed by atoms with Gasteiger partial charge in [0.15, 0.2) is 0 Å². The van der Waals surface area contributed by atoms with Crippen LogP contribution in [0.3, 0.4) is 0 Å². The summed E-state index contributed by atoms with van der Waals surface area (Å²) >= 11 is 0. The molecule has 0 radical (unpaired) electrons. The summed E-state index contributed by atoms with van der Waals surface area (Å²) in [5, 5.41) is 8.16. The van der Waals surface area contributed by atoms with Crippen molar-refractivity contribution in [2.24, 2.45) is 0 Å². The number of nitrogens with one attached hydrogen (secondary N) is 2. The number of aromatic nitrogens is 3. The van der Waals surface area contributed by atoms with Crippen LogP contribution in [-0.4, -0.2) is 33.7 Å². The number of H-pyrrole nitrogens is 1. The molecule has 0 fully saturated rings. The average molecular weight is 309 g/mol. The van der Waals surface area contributed by atoms with Gasteiger partial charge in [0.05, 0.1) is 23.3 Å². The van der Waals surface area contributed by atoms with Crippen LogP contribution >= 0.6 is 0 Å². The van der Waals surface area contributed by atoms with E-state index in [-0.39, 0.29) is 6.61 Å². The summed E-state index contributed by atoms with van der Waals surface area (Å²) in [4.78, 5) is 23.6. The molecule has 7 nitrogen and oxygen atoms in total. The quantitative estimate of drug-likeness (QED) is 0.388. The number of aromatic amines is 1. The molecular formula is C16H15N5O2. The fourth-order valence-corrected chi connectivity index (χ4v) is 2.49. The third kappa shape index (κ3) is 2.42. The van der Waals surface area contributed by atoms with Crippen LogP contribution in [0.5, 0.6) is 0 Å². The van der Waals surface area contributed by atoms with E-state index in [1.54, 1.807) is 31.3 Å². The highest BCUT2D eigenvalue weighted by molar-refractivity contribution is 6.10. The summed E-state index contributed by atoms with van der Waals surface area (Å²) in [6.07, 6.45) is 4.13. The highest BCUT2D eigenvalue weighted by Gasteiger charge is 2.20. The van der Waals surface area contributed by atoms with Crippen molar-refractivity contribution in [3.63, 3.8) is 0 Å². The highest BCUT2D eigenvalue weighted by Crippen LogP contribution is 2.32. The maximum Gasteiger partial charge on any atom is 0.340 e. The van der Waals surface area contributed by atoms with Gasteiger partial charge in [-0.2, -0.15) is 0 Å². The Morgan fingerprint density at radius 2 is 2.26 bits per heavy atom. The van der Waals surface area contributed by atoms with E-state index in [9.17, 15) is 4.79 Å². The van der Waals surface area contributed by atoms with Crippen molar-refractivity contribution >= 4 is 28.9 Å². The van der Waals surface area contributed by atoms with Crippen LogP contribution in [0.1, 0.15) is 22.8 Å². The lowest BCUT2D eigenvalue weighted by molar-refractivity contribution is 0.0528. The second kappa shape index (κ2) is 5.88. The molecular weight excluding hydrogens is 294 g/mol. The second-order valence-electron chi connectivity index (χ2n) is 4.82. The first-order valence-electron chi connectivity index (χ1n) is 7.06. The molecule has 0 spiro atoms. The SMILES string of the molecule is CCOC(=O)c1c[nH]c2ncnc(-c3cccc(N)c3C=N)c12. The number of ether oxygens (including phenoxy) is 1. The van der Waals surface area contributed by atoms with Crippen molar-refractivity contribution in [3.8, 4) is 11.3 Å². The third-order valence-corrected chi connectivity index (χ3v) is 3.50. The number of carbonyl (C=O) groups is 1. The van der Waals surface area contributed by atoms with Crippen LogP contribution in [0, 0.1) is 5.41 Å². The minimum Gasteiger partial charge on any atom is -0.462 e. The molecule has 7 heteroatoms. The van der Waals surface area contributed by atoms with E-state index >= 15 is 0 Å². The number of hydrogen-bond acceptors (Lipinski definition) is 6. The number of hydrogen-bond donors (Lipinski definition) is 3. The molecule has 2 aromatic heterocycles. The van der Waals surface area contributed by atoms with E-state index in [1.165, 1.54) is 12.5 Å². The van der Waals surface area contributed by atoms with Crippen molar-refractivity contribution in [2.75, 3.05) is 12.3 Å². The Kier molecular flexibility index (Phi) is 3.76. The lowest BCUT2D eigenvalue weighted by Crippen LogP contribution is -2.05. The number of rotatable bonds is 4. The first kappa shape index (κ1) is 14.7. The average Bonchev–Trinajstić information content (AvgIpc) is 2.99. The molecule has 4 N–H and O–H groups in total. The molecule has 3 aromatic rings. The molecule has 0 bridgehead atoms. The molecule has 23 heavy (non-hydrogen) atoms. The number of anilines is 1. The van der Waals surface area contributed by atoms with Gasteiger partial charge in [0, 0.05) is 29.2 Å². The van der Waals surface area contributed by atoms with Gasteiger partial charge in [0.2, 0.25) is 0 Å². The summed E-state index contributed by atoms with van der Waals surface area (Å²) < 4.78 is 5.08. The van der Waals surface area contributed by atoms with Crippen LogP contribution in [-0.2, 0) is 4.74 Å². The van der Waals surface area contributed by atoms with E-state index in [0.717, 1.165) is 0 Å². The molecule has 0 aliphatic rings. The number of nitrogens with zero attached hydrogens (tertiary/aromatic N) is 2. The molecule has 0 amide bonds. The zero-order chi connectivity index (χ0) is 16.4. The maximum atomic E-state index is 12.2. The summed E-state index contributed by atoms with van der Waals surface area (Å²) in [6.45, 7) is 2.02. The molecule has 116 valence electrons. The normalized spacial score (nSPS) is 10.7. The number of benzene rings is 1. The van der Waals surface area contributed by atoms with E-state index in [2.05, 4.69) is 15.0 Å². The number of nitrogens with two attached hydrogens (primary N) is 1. The number of carbonyl (C=O) groups excluding carboxylic acids is 1. The predicted octanol–water partition coefficient (Wildman–Crippen LogP) is 2.38. The topological polar surface area (TPSA) is 118 Å². The minimum atomic E-state index is -0.449. The van der Waals surface area contributed by atoms with Gasteiger partial charge in [0.25, 0.3) is 0 Å². The largest absolute Gasteiger partial charge is 0.462 e. The number of fused-ring (bicyclic) bond motifs is 1. The molecule has 0 aliphatic heterocycles. The van der Waals surface area contributed by atoms with E-state index in [0.29, 0.717) is 39.1 Å². The molecule has 3 rings (SSSR count). The molecule has 0 saturated carbocycles. The van der Waals surface area contributed by atoms with Gasteiger partial charge in [0.1, 0.15) is 12.0 Å². The van der Waals surface area contributed by atoms with Crippen molar-refractivity contribution < 1.29 is 9.53 Å². The molecule has 0 saturated heterocycles. The Hall–Kier alpha value is -3.22. The Labute approximate surface area is 132 Å². The number of nitrogen functional groups attached to an aromatic ring is 1. The Morgan fingerprint density at radius 1 is 1.43 bits per heavy atom. The van der Waals surface area contributed by atoms with Crippen LogP contribution in [0.4, 0.5) is 5.69 Å². The van der Waals surface area contributed by atoms with Crippen molar-refractivity contribution in [1.82, 2.24) is 15.0 Å². The molecule has 1 aromatic carbocycles. The Bertz CT molecular complexity index is 901. The molecule has 2 heterocycles.